The average molecular weight is 352 g/mol. The Labute approximate surface area is 154 Å². The number of ether oxygens (including phenoxy) is 1. The summed E-state index contributed by atoms with van der Waals surface area (Å²) in [6.07, 6.45) is 3.34. The van der Waals surface area contributed by atoms with Crippen LogP contribution < -0.4 is 10.1 Å². The molecule has 0 aromatic heterocycles. The van der Waals surface area contributed by atoms with E-state index in [1.165, 1.54) is 6.42 Å². The van der Waals surface area contributed by atoms with Gasteiger partial charge in [-0.05, 0) is 74.7 Å². The number of nitrogens with zero attached hydrogens (tertiary/aromatic N) is 1. The molecule has 26 heavy (non-hydrogen) atoms. The second-order valence-electron chi connectivity index (χ2n) is 6.34. The first-order valence-electron chi connectivity index (χ1n) is 9.11. The molecule has 1 heterocycles. The van der Waals surface area contributed by atoms with Crippen molar-refractivity contribution in [3.8, 4) is 5.75 Å². The van der Waals surface area contributed by atoms with Gasteiger partial charge in [0.2, 0.25) is 0 Å². The molecule has 1 N–H and O–H groups in total. The molecule has 2 aromatic rings. The van der Waals surface area contributed by atoms with E-state index in [2.05, 4.69) is 5.32 Å². The highest BCUT2D eigenvalue weighted by Crippen LogP contribution is 2.17. The van der Waals surface area contributed by atoms with E-state index in [1.807, 2.05) is 11.8 Å². The Morgan fingerprint density at radius 1 is 0.923 bits per heavy atom. The SMILES string of the molecule is CCOc1ccc(C(=O)Nc2ccc(C(=O)N3CCCCC3)cc2)cc1. The van der Waals surface area contributed by atoms with Crippen LogP contribution in [0.2, 0.25) is 0 Å². The van der Waals surface area contributed by atoms with E-state index in [9.17, 15) is 9.59 Å². The molecule has 0 radical (unpaired) electrons. The van der Waals surface area contributed by atoms with E-state index in [-0.39, 0.29) is 11.8 Å². The lowest BCUT2D eigenvalue weighted by Gasteiger charge is -2.26. The molecule has 0 unspecified atom stereocenters. The van der Waals surface area contributed by atoms with Gasteiger partial charge >= 0.3 is 0 Å². The number of hydrogen-bond donors (Lipinski definition) is 1. The van der Waals surface area contributed by atoms with Gasteiger partial charge in [-0.3, -0.25) is 9.59 Å². The molecule has 2 aromatic carbocycles. The van der Waals surface area contributed by atoms with Crippen LogP contribution in [-0.4, -0.2) is 36.4 Å². The first-order valence-corrected chi connectivity index (χ1v) is 9.11. The monoisotopic (exact) mass is 352 g/mol. The molecule has 2 amide bonds. The lowest BCUT2D eigenvalue weighted by molar-refractivity contribution is 0.0724. The average Bonchev–Trinajstić information content (AvgIpc) is 2.69. The summed E-state index contributed by atoms with van der Waals surface area (Å²) in [5.74, 6) is 0.613. The minimum atomic E-state index is -0.192. The minimum Gasteiger partial charge on any atom is -0.494 e. The lowest BCUT2D eigenvalue weighted by atomic mass is 10.1. The standard InChI is InChI=1S/C21H24N2O3/c1-2-26-19-12-8-16(9-13-19)20(24)22-18-10-6-17(7-11-18)21(25)23-14-4-3-5-15-23/h6-13H,2-5,14-15H2,1H3,(H,22,24). The van der Waals surface area contributed by atoms with Gasteiger partial charge in [0.1, 0.15) is 5.75 Å². The van der Waals surface area contributed by atoms with E-state index in [4.69, 9.17) is 4.74 Å². The van der Waals surface area contributed by atoms with Gasteiger partial charge in [0.05, 0.1) is 6.61 Å². The largest absolute Gasteiger partial charge is 0.494 e. The molecular formula is C21H24N2O3. The molecule has 0 spiro atoms. The Kier molecular flexibility index (Phi) is 5.89. The van der Waals surface area contributed by atoms with Crippen LogP contribution in [0.4, 0.5) is 5.69 Å². The molecule has 3 rings (SSSR count). The van der Waals surface area contributed by atoms with Gasteiger partial charge in [-0.15, -0.1) is 0 Å². The van der Waals surface area contributed by atoms with Gasteiger partial charge in [-0.2, -0.15) is 0 Å². The van der Waals surface area contributed by atoms with E-state index in [1.54, 1.807) is 48.5 Å². The van der Waals surface area contributed by atoms with Crippen LogP contribution in [-0.2, 0) is 0 Å². The summed E-state index contributed by atoms with van der Waals surface area (Å²) >= 11 is 0. The quantitative estimate of drug-likeness (QED) is 0.886. The first-order chi connectivity index (χ1) is 12.7. The highest BCUT2D eigenvalue weighted by Gasteiger charge is 2.18. The van der Waals surface area contributed by atoms with Crippen LogP contribution in [0.3, 0.4) is 0 Å². The molecule has 1 aliphatic rings. The lowest BCUT2D eigenvalue weighted by Crippen LogP contribution is -2.35. The van der Waals surface area contributed by atoms with Crippen molar-refractivity contribution in [2.45, 2.75) is 26.2 Å². The number of likely N-dealkylation sites (tertiary alicyclic amines) is 1. The van der Waals surface area contributed by atoms with Gasteiger partial charge in [0.25, 0.3) is 11.8 Å². The van der Waals surface area contributed by atoms with Crippen LogP contribution >= 0.6 is 0 Å². The fourth-order valence-corrected chi connectivity index (χ4v) is 3.05. The topological polar surface area (TPSA) is 58.6 Å². The number of rotatable bonds is 5. The zero-order chi connectivity index (χ0) is 18.4. The number of anilines is 1. The van der Waals surface area contributed by atoms with Crippen LogP contribution in [0, 0.1) is 0 Å². The van der Waals surface area contributed by atoms with Crippen molar-refractivity contribution < 1.29 is 14.3 Å². The highest BCUT2D eigenvalue weighted by molar-refractivity contribution is 6.04. The number of carbonyl (C=O) groups excluding carboxylic acids is 2. The molecular weight excluding hydrogens is 328 g/mol. The smallest absolute Gasteiger partial charge is 0.255 e. The second-order valence-corrected chi connectivity index (χ2v) is 6.34. The number of benzene rings is 2. The molecule has 5 heteroatoms. The summed E-state index contributed by atoms with van der Waals surface area (Å²) in [7, 11) is 0. The Morgan fingerprint density at radius 3 is 2.15 bits per heavy atom. The first kappa shape index (κ1) is 18.0. The third kappa shape index (κ3) is 4.42. The molecule has 0 saturated carbocycles. The molecule has 1 saturated heterocycles. The molecule has 0 aliphatic carbocycles. The van der Waals surface area contributed by atoms with Crippen LogP contribution in [0.15, 0.2) is 48.5 Å². The maximum Gasteiger partial charge on any atom is 0.255 e. The van der Waals surface area contributed by atoms with E-state index >= 15 is 0 Å². The fourth-order valence-electron chi connectivity index (χ4n) is 3.05. The Morgan fingerprint density at radius 2 is 1.54 bits per heavy atom. The Bertz CT molecular complexity index is 748. The minimum absolute atomic E-state index is 0.0640. The normalized spacial score (nSPS) is 14.0. The van der Waals surface area contributed by atoms with E-state index in [0.717, 1.165) is 31.7 Å². The predicted octanol–water partition coefficient (Wildman–Crippen LogP) is 3.96. The molecule has 1 aliphatic heterocycles. The summed E-state index contributed by atoms with van der Waals surface area (Å²) in [6, 6.07) is 14.1. The maximum absolute atomic E-state index is 12.5. The summed E-state index contributed by atoms with van der Waals surface area (Å²) in [5.41, 5.74) is 1.88. The zero-order valence-corrected chi connectivity index (χ0v) is 15.0. The second kappa shape index (κ2) is 8.52. The summed E-state index contributed by atoms with van der Waals surface area (Å²) in [5, 5.41) is 2.85. The Hall–Kier alpha value is -2.82. The predicted molar refractivity (Wildman–Crippen MR) is 102 cm³/mol. The maximum atomic E-state index is 12.5. The van der Waals surface area contributed by atoms with Crippen molar-refractivity contribution in [2.24, 2.45) is 0 Å². The molecule has 0 atom stereocenters. The molecule has 1 fully saturated rings. The van der Waals surface area contributed by atoms with Gasteiger partial charge in [0.15, 0.2) is 0 Å². The number of nitrogens with one attached hydrogen (secondary N) is 1. The van der Waals surface area contributed by atoms with Crippen molar-refractivity contribution in [1.82, 2.24) is 4.90 Å². The zero-order valence-electron chi connectivity index (χ0n) is 15.0. The van der Waals surface area contributed by atoms with Gasteiger partial charge < -0.3 is 15.0 Å². The van der Waals surface area contributed by atoms with Crippen molar-refractivity contribution in [3.63, 3.8) is 0 Å². The molecule has 0 bridgehead atoms. The van der Waals surface area contributed by atoms with E-state index in [0.29, 0.717) is 23.4 Å². The summed E-state index contributed by atoms with van der Waals surface area (Å²) < 4.78 is 5.38. The number of piperidine rings is 1. The van der Waals surface area contributed by atoms with Crippen LogP contribution in [0.1, 0.15) is 46.9 Å². The van der Waals surface area contributed by atoms with Crippen molar-refractivity contribution in [2.75, 3.05) is 25.0 Å². The third-order valence-electron chi connectivity index (χ3n) is 4.46. The van der Waals surface area contributed by atoms with Crippen molar-refractivity contribution >= 4 is 17.5 Å². The summed E-state index contributed by atoms with van der Waals surface area (Å²) in [4.78, 5) is 26.7. The highest BCUT2D eigenvalue weighted by atomic mass is 16.5. The van der Waals surface area contributed by atoms with E-state index < -0.39 is 0 Å². The van der Waals surface area contributed by atoms with Gasteiger partial charge in [-0.25, -0.2) is 0 Å². The van der Waals surface area contributed by atoms with Gasteiger partial charge in [0, 0.05) is 29.9 Å². The third-order valence-corrected chi connectivity index (χ3v) is 4.46. The number of carbonyl (C=O) groups is 2. The number of hydrogen-bond acceptors (Lipinski definition) is 3. The summed E-state index contributed by atoms with van der Waals surface area (Å²) in [6.45, 7) is 4.17. The molecule has 5 nitrogen and oxygen atoms in total. The number of amides is 2. The van der Waals surface area contributed by atoms with Crippen molar-refractivity contribution in [3.05, 3.63) is 59.7 Å². The van der Waals surface area contributed by atoms with Crippen LogP contribution in [0.5, 0.6) is 5.75 Å². The van der Waals surface area contributed by atoms with Gasteiger partial charge in [-0.1, -0.05) is 0 Å². The Balaban J connectivity index is 1.61. The van der Waals surface area contributed by atoms with Crippen molar-refractivity contribution in [1.29, 1.82) is 0 Å². The molecule has 136 valence electrons. The fraction of sp³-hybridized carbons (Fsp3) is 0.333. The van der Waals surface area contributed by atoms with Crippen LogP contribution in [0.25, 0.3) is 0 Å².